The highest BCUT2D eigenvalue weighted by atomic mass is 19.4. The van der Waals surface area contributed by atoms with Crippen LogP contribution < -0.4 is 5.56 Å². The lowest BCUT2D eigenvalue weighted by Gasteiger charge is -2.27. The van der Waals surface area contributed by atoms with Gasteiger partial charge in [0.2, 0.25) is 0 Å². The van der Waals surface area contributed by atoms with Gasteiger partial charge in [0.25, 0.3) is 11.5 Å². The Bertz CT molecular complexity index is 1280. The Morgan fingerprint density at radius 2 is 1.97 bits per heavy atom. The third-order valence-corrected chi connectivity index (χ3v) is 5.75. The van der Waals surface area contributed by atoms with E-state index in [-0.39, 0.29) is 42.7 Å². The molecule has 8 nitrogen and oxygen atoms in total. The lowest BCUT2D eigenvalue weighted by Crippen LogP contribution is -2.37. The van der Waals surface area contributed by atoms with Crippen molar-refractivity contribution in [1.29, 1.82) is 0 Å². The van der Waals surface area contributed by atoms with Crippen molar-refractivity contribution in [1.82, 2.24) is 30.1 Å². The Kier molecular flexibility index (Phi) is 5.76. The molecule has 0 atom stereocenters. The number of hydrogen-bond acceptors (Lipinski definition) is 5. The van der Waals surface area contributed by atoms with Crippen molar-refractivity contribution >= 4 is 5.91 Å². The number of hydrogen-bond donors (Lipinski definition) is 1. The topological polar surface area (TPSA) is 96.8 Å². The summed E-state index contributed by atoms with van der Waals surface area (Å²) >= 11 is 0. The number of nitrogens with one attached hydrogen (secondary N) is 1. The second kappa shape index (κ2) is 8.41. The fourth-order valence-corrected chi connectivity index (χ4v) is 3.79. The van der Waals surface area contributed by atoms with Gasteiger partial charge in [-0.25, -0.2) is 14.2 Å². The SMILES string of the molecule is Cc1c(Cc2ccc(F)c(C(=O)N3CCc4c(nnn4CC(F)(F)F)C3)c2)n[nH]c(=O)c1C. The van der Waals surface area contributed by atoms with Crippen LogP contribution in [0.2, 0.25) is 0 Å². The third kappa shape index (κ3) is 4.64. The van der Waals surface area contributed by atoms with Gasteiger partial charge in [0, 0.05) is 24.9 Å². The highest BCUT2D eigenvalue weighted by molar-refractivity contribution is 5.94. The van der Waals surface area contributed by atoms with E-state index in [1.165, 1.54) is 23.1 Å². The van der Waals surface area contributed by atoms with Gasteiger partial charge in [-0.1, -0.05) is 11.3 Å². The van der Waals surface area contributed by atoms with Crippen LogP contribution in [0.5, 0.6) is 0 Å². The molecule has 0 saturated heterocycles. The first kappa shape index (κ1) is 22.6. The summed E-state index contributed by atoms with van der Waals surface area (Å²) in [6.07, 6.45) is -4.03. The van der Waals surface area contributed by atoms with Gasteiger partial charge in [0.05, 0.1) is 23.5 Å². The van der Waals surface area contributed by atoms with E-state index in [0.29, 0.717) is 28.1 Å². The van der Waals surface area contributed by atoms with Crippen molar-refractivity contribution in [3.8, 4) is 0 Å². The fourth-order valence-electron chi connectivity index (χ4n) is 3.79. The number of rotatable bonds is 4. The summed E-state index contributed by atoms with van der Waals surface area (Å²) < 4.78 is 53.4. The Balaban J connectivity index is 1.55. The number of carbonyl (C=O) groups is 1. The van der Waals surface area contributed by atoms with E-state index in [4.69, 9.17) is 0 Å². The van der Waals surface area contributed by atoms with Gasteiger partial charge < -0.3 is 4.90 Å². The first-order valence-corrected chi connectivity index (χ1v) is 10.1. The molecule has 4 rings (SSSR count). The molecular weight excluding hydrogens is 444 g/mol. The van der Waals surface area contributed by atoms with Crippen molar-refractivity contribution < 1.29 is 22.4 Å². The minimum absolute atomic E-state index is 0.0600. The van der Waals surface area contributed by atoms with E-state index in [2.05, 4.69) is 20.5 Å². The number of carbonyl (C=O) groups excluding carboxylic acids is 1. The first-order valence-electron chi connectivity index (χ1n) is 10.1. The molecule has 3 aromatic rings. The molecule has 1 aliphatic rings. The Hall–Kier alpha value is -3.57. The largest absolute Gasteiger partial charge is 0.408 e. The Morgan fingerprint density at radius 3 is 2.70 bits per heavy atom. The van der Waals surface area contributed by atoms with Crippen molar-refractivity contribution in [3.63, 3.8) is 0 Å². The lowest BCUT2D eigenvalue weighted by molar-refractivity contribution is -0.143. The zero-order valence-corrected chi connectivity index (χ0v) is 17.8. The van der Waals surface area contributed by atoms with Crippen molar-refractivity contribution in [3.05, 3.63) is 73.7 Å². The third-order valence-electron chi connectivity index (χ3n) is 5.75. The quantitative estimate of drug-likeness (QED) is 0.599. The summed E-state index contributed by atoms with van der Waals surface area (Å²) in [6.45, 7) is 2.24. The molecule has 0 bridgehead atoms. The number of fused-ring (bicyclic) bond motifs is 1. The van der Waals surface area contributed by atoms with Gasteiger partial charge in [0.15, 0.2) is 0 Å². The van der Waals surface area contributed by atoms with Crippen LogP contribution in [0.3, 0.4) is 0 Å². The van der Waals surface area contributed by atoms with Crippen LogP contribution >= 0.6 is 0 Å². The fraction of sp³-hybridized carbons (Fsp3) is 0.381. The van der Waals surface area contributed by atoms with Crippen molar-refractivity contribution in [2.75, 3.05) is 6.54 Å². The number of nitrogens with zero attached hydrogens (tertiary/aromatic N) is 5. The number of amides is 1. The minimum atomic E-state index is -4.44. The van der Waals surface area contributed by atoms with Gasteiger partial charge in [-0.3, -0.25) is 9.59 Å². The molecule has 33 heavy (non-hydrogen) atoms. The highest BCUT2D eigenvalue weighted by Crippen LogP contribution is 2.24. The molecular formula is C21H20F4N6O2. The number of aromatic amines is 1. The van der Waals surface area contributed by atoms with Crippen LogP contribution in [0.1, 0.15) is 44.1 Å². The highest BCUT2D eigenvalue weighted by Gasteiger charge is 2.33. The summed E-state index contributed by atoms with van der Waals surface area (Å²) in [7, 11) is 0. The van der Waals surface area contributed by atoms with E-state index in [1.807, 2.05) is 0 Å². The standard InChI is InChI=1S/C21H20F4N6O2/c1-11-12(2)19(32)28-26-16(11)8-13-3-4-15(22)14(7-13)20(33)30-6-5-18-17(9-30)27-29-31(18)10-21(23,24)25/h3-4,7H,5-6,8-10H2,1-2H3,(H,28,32). The van der Waals surface area contributed by atoms with E-state index < -0.39 is 24.4 Å². The van der Waals surface area contributed by atoms with Gasteiger partial charge in [-0.05, 0) is 37.1 Å². The second-order valence-corrected chi connectivity index (χ2v) is 7.97. The van der Waals surface area contributed by atoms with Crippen molar-refractivity contribution in [2.45, 2.75) is 46.0 Å². The van der Waals surface area contributed by atoms with E-state index in [0.717, 1.165) is 4.68 Å². The molecule has 1 aliphatic heterocycles. The van der Waals surface area contributed by atoms with E-state index in [9.17, 15) is 27.2 Å². The van der Waals surface area contributed by atoms with Crippen LogP contribution in [0.25, 0.3) is 0 Å². The summed E-state index contributed by atoms with van der Waals surface area (Å²) in [5.74, 6) is -1.30. The average Bonchev–Trinajstić information content (AvgIpc) is 3.15. The monoisotopic (exact) mass is 464 g/mol. The van der Waals surface area contributed by atoms with Gasteiger partial charge in [0.1, 0.15) is 18.1 Å². The molecule has 1 aromatic carbocycles. The molecule has 0 spiro atoms. The number of benzene rings is 1. The predicted molar refractivity (Wildman–Crippen MR) is 108 cm³/mol. The lowest BCUT2D eigenvalue weighted by atomic mass is 10.0. The maximum absolute atomic E-state index is 14.5. The number of halogens is 4. The van der Waals surface area contributed by atoms with Crippen LogP contribution in [0.4, 0.5) is 17.6 Å². The molecule has 0 fully saturated rings. The molecule has 0 radical (unpaired) electrons. The number of alkyl halides is 3. The molecule has 3 heterocycles. The molecule has 0 aliphatic carbocycles. The molecule has 174 valence electrons. The van der Waals surface area contributed by atoms with Crippen LogP contribution in [-0.2, 0) is 25.9 Å². The maximum atomic E-state index is 14.5. The molecule has 1 N–H and O–H groups in total. The smallest absolute Gasteiger partial charge is 0.332 e. The molecule has 1 amide bonds. The van der Waals surface area contributed by atoms with Crippen LogP contribution in [0, 0.1) is 19.7 Å². The Labute approximate surface area is 185 Å². The average molecular weight is 464 g/mol. The predicted octanol–water partition coefficient (Wildman–Crippen LogP) is 2.47. The molecule has 12 heteroatoms. The molecule has 2 aromatic heterocycles. The summed E-state index contributed by atoms with van der Waals surface area (Å²) in [5, 5.41) is 13.8. The zero-order valence-electron chi connectivity index (χ0n) is 17.8. The first-order chi connectivity index (χ1) is 15.5. The molecule has 0 saturated carbocycles. The Morgan fingerprint density at radius 1 is 1.21 bits per heavy atom. The van der Waals surface area contributed by atoms with Crippen molar-refractivity contribution in [2.24, 2.45) is 0 Å². The minimum Gasteiger partial charge on any atom is -0.332 e. The van der Waals surface area contributed by atoms with Gasteiger partial charge >= 0.3 is 6.18 Å². The number of H-pyrrole nitrogens is 1. The molecule has 0 unspecified atom stereocenters. The second-order valence-electron chi connectivity index (χ2n) is 7.97. The number of aromatic nitrogens is 5. The van der Waals surface area contributed by atoms with Gasteiger partial charge in [-0.15, -0.1) is 5.10 Å². The van der Waals surface area contributed by atoms with E-state index in [1.54, 1.807) is 13.8 Å². The van der Waals surface area contributed by atoms with Crippen LogP contribution in [-0.4, -0.2) is 48.7 Å². The van der Waals surface area contributed by atoms with E-state index >= 15 is 0 Å². The summed E-state index contributed by atoms with van der Waals surface area (Å²) in [6, 6.07) is 4.14. The van der Waals surface area contributed by atoms with Gasteiger partial charge in [-0.2, -0.15) is 18.3 Å². The van der Waals surface area contributed by atoms with Crippen LogP contribution in [0.15, 0.2) is 23.0 Å². The normalized spacial score (nSPS) is 13.8. The summed E-state index contributed by atoms with van der Waals surface area (Å²) in [5.41, 5.74) is 2.60. The zero-order chi connectivity index (χ0) is 23.9. The maximum Gasteiger partial charge on any atom is 0.408 e. The summed E-state index contributed by atoms with van der Waals surface area (Å²) in [4.78, 5) is 26.0.